The van der Waals surface area contributed by atoms with Crippen molar-refractivity contribution in [2.75, 3.05) is 6.61 Å². The molecule has 3 heteroatoms. The summed E-state index contributed by atoms with van der Waals surface area (Å²) in [6, 6.07) is 21.2. The fourth-order valence-electron chi connectivity index (χ4n) is 3.57. The highest BCUT2D eigenvalue weighted by Gasteiger charge is 2.12. The molecule has 0 aliphatic heterocycles. The molecular weight excluding hydrogens is 349 g/mol. The van der Waals surface area contributed by atoms with E-state index in [4.69, 9.17) is 9.72 Å². The molecule has 140 valence electrons. The van der Waals surface area contributed by atoms with Crippen LogP contribution in [0.2, 0.25) is 0 Å². The lowest BCUT2D eigenvalue weighted by Crippen LogP contribution is -1.96. The van der Waals surface area contributed by atoms with Crippen LogP contribution in [0, 0.1) is 19.7 Å². The predicted molar refractivity (Wildman–Crippen MR) is 113 cm³/mol. The first-order valence-corrected chi connectivity index (χ1v) is 9.47. The number of aromatic nitrogens is 1. The van der Waals surface area contributed by atoms with Crippen LogP contribution in [0.1, 0.15) is 18.1 Å². The lowest BCUT2D eigenvalue weighted by molar-refractivity contribution is 0.341. The zero-order valence-electron chi connectivity index (χ0n) is 16.3. The zero-order chi connectivity index (χ0) is 19.7. The second-order valence-corrected chi connectivity index (χ2v) is 6.88. The van der Waals surface area contributed by atoms with Crippen molar-refractivity contribution in [2.45, 2.75) is 20.8 Å². The van der Waals surface area contributed by atoms with E-state index in [1.807, 2.05) is 39.0 Å². The quantitative estimate of drug-likeness (QED) is 0.397. The molecule has 0 spiro atoms. The smallest absolute Gasteiger partial charge is 0.127 e. The van der Waals surface area contributed by atoms with Gasteiger partial charge in [-0.25, -0.2) is 9.37 Å². The molecular formula is C25H22FNO. The van der Waals surface area contributed by atoms with Crippen molar-refractivity contribution < 1.29 is 9.13 Å². The van der Waals surface area contributed by atoms with Gasteiger partial charge in [-0.2, -0.15) is 0 Å². The van der Waals surface area contributed by atoms with Gasteiger partial charge in [-0.15, -0.1) is 0 Å². The van der Waals surface area contributed by atoms with Gasteiger partial charge >= 0.3 is 0 Å². The van der Waals surface area contributed by atoms with Crippen molar-refractivity contribution in [3.8, 4) is 28.1 Å². The fraction of sp³-hybridized carbons (Fsp3) is 0.160. The Labute approximate surface area is 164 Å². The molecule has 1 aromatic heterocycles. The van der Waals surface area contributed by atoms with E-state index >= 15 is 0 Å². The number of halogens is 1. The maximum atomic E-state index is 13.6. The Kier molecular flexibility index (Phi) is 4.82. The van der Waals surface area contributed by atoms with Crippen LogP contribution in [0.5, 0.6) is 5.75 Å². The normalized spacial score (nSPS) is 11.0. The summed E-state index contributed by atoms with van der Waals surface area (Å²) >= 11 is 0. The summed E-state index contributed by atoms with van der Waals surface area (Å²) < 4.78 is 19.4. The summed E-state index contributed by atoms with van der Waals surface area (Å²) in [5, 5.41) is 0.864. The third-order valence-corrected chi connectivity index (χ3v) is 5.17. The number of hydrogen-bond donors (Lipinski definition) is 0. The van der Waals surface area contributed by atoms with E-state index < -0.39 is 0 Å². The zero-order valence-corrected chi connectivity index (χ0v) is 16.3. The topological polar surface area (TPSA) is 22.1 Å². The van der Waals surface area contributed by atoms with Crippen molar-refractivity contribution in [2.24, 2.45) is 0 Å². The molecule has 0 aliphatic rings. The first-order valence-electron chi connectivity index (χ1n) is 9.47. The molecule has 0 amide bonds. The molecule has 4 rings (SSSR count). The van der Waals surface area contributed by atoms with E-state index in [1.54, 1.807) is 12.1 Å². The molecule has 2 nitrogen and oxygen atoms in total. The Hall–Kier alpha value is -3.20. The van der Waals surface area contributed by atoms with Crippen LogP contribution in [0.4, 0.5) is 4.39 Å². The van der Waals surface area contributed by atoms with Gasteiger partial charge in [0, 0.05) is 16.5 Å². The summed E-state index contributed by atoms with van der Waals surface area (Å²) in [5.74, 6) is 0.650. The van der Waals surface area contributed by atoms with Crippen LogP contribution in [0.25, 0.3) is 33.3 Å². The number of fused-ring (bicyclic) bond motifs is 1. The molecule has 0 atom stereocenters. The minimum Gasteiger partial charge on any atom is -0.493 e. The van der Waals surface area contributed by atoms with E-state index in [0.717, 1.165) is 50.2 Å². The minimum atomic E-state index is -0.234. The van der Waals surface area contributed by atoms with Gasteiger partial charge in [-0.3, -0.25) is 0 Å². The van der Waals surface area contributed by atoms with Crippen LogP contribution in [-0.2, 0) is 0 Å². The van der Waals surface area contributed by atoms with Crippen LogP contribution < -0.4 is 4.74 Å². The Bertz CT molecular complexity index is 1150. The number of benzene rings is 3. The summed E-state index contributed by atoms with van der Waals surface area (Å²) in [5.41, 5.74) is 7.10. The largest absolute Gasteiger partial charge is 0.493 e. The summed E-state index contributed by atoms with van der Waals surface area (Å²) in [6.45, 7) is 6.69. The van der Waals surface area contributed by atoms with E-state index in [1.165, 1.54) is 6.07 Å². The van der Waals surface area contributed by atoms with Gasteiger partial charge in [-0.1, -0.05) is 42.5 Å². The number of para-hydroxylation sites is 1. The predicted octanol–water partition coefficient (Wildman–Crippen LogP) is 6.72. The Morgan fingerprint density at radius 2 is 1.57 bits per heavy atom. The highest BCUT2D eigenvalue weighted by Crippen LogP contribution is 2.33. The molecule has 0 fully saturated rings. The molecule has 0 N–H and O–H groups in total. The van der Waals surface area contributed by atoms with Crippen LogP contribution in [-0.4, -0.2) is 11.6 Å². The summed E-state index contributed by atoms with van der Waals surface area (Å²) in [7, 11) is 0. The number of aryl methyl sites for hydroxylation is 1. The molecule has 28 heavy (non-hydrogen) atoms. The van der Waals surface area contributed by atoms with E-state index in [0.29, 0.717) is 6.61 Å². The Balaban J connectivity index is 1.78. The molecule has 0 aliphatic carbocycles. The first-order chi connectivity index (χ1) is 13.6. The maximum Gasteiger partial charge on any atom is 0.127 e. The van der Waals surface area contributed by atoms with Crippen molar-refractivity contribution in [3.05, 3.63) is 83.7 Å². The van der Waals surface area contributed by atoms with Crippen molar-refractivity contribution in [3.63, 3.8) is 0 Å². The molecule has 0 radical (unpaired) electrons. The van der Waals surface area contributed by atoms with Crippen molar-refractivity contribution in [1.82, 2.24) is 4.98 Å². The second kappa shape index (κ2) is 7.43. The average molecular weight is 371 g/mol. The maximum absolute atomic E-state index is 13.6. The van der Waals surface area contributed by atoms with Gasteiger partial charge < -0.3 is 4.74 Å². The van der Waals surface area contributed by atoms with Gasteiger partial charge in [-0.05, 0) is 61.7 Å². The van der Waals surface area contributed by atoms with E-state index in [9.17, 15) is 4.39 Å². The lowest BCUT2D eigenvalue weighted by Gasteiger charge is -2.13. The summed E-state index contributed by atoms with van der Waals surface area (Å²) in [6.07, 6.45) is 0. The summed E-state index contributed by atoms with van der Waals surface area (Å²) in [4.78, 5) is 4.80. The van der Waals surface area contributed by atoms with Gasteiger partial charge in [0.05, 0.1) is 17.8 Å². The molecule has 0 saturated heterocycles. The molecule has 1 heterocycles. The second-order valence-electron chi connectivity index (χ2n) is 6.88. The Morgan fingerprint density at radius 1 is 0.857 bits per heavy atom. The number of nitrogens with zero attached hydrogens (tertiary/aromatic N) is 1. The van der Waals surface area contributed by atoms with Crippen molar-refractivity contribution in [1.29, 1.82) is 0 Å². The Morgan fingerprint density at radius 3 is 2.32 bits per heavy atom. The molecule has 0 bridgehead atoms. The highest BCUT2D eigenvalue weighted by atomic mass is 19.1. The SMILES string of the molecule is CCOc1ccccc1-c1ccc(-c2nc3ccc(F)cc3c(C)c2C)cc1. The van der Waals surface area contributed by atoms with E-state index in [2.05, 4.69) is 30.3 Å². The van der Waals surface area contributed by atoms with Gasteiger partial charge in [0.15, 0.2) is 0 Å². The standard InChI is InChI=1S/C25H22FNO/c1-4-28-24-8-6-5-7-21(24)18-9-11-19(12-10-18)25-17(3)16(2)22-15-20(26)13-14-23(22)27-25/h5-15H,4H2,1-3H3. The number of ether oxygens (including phenoxy) is 1. The third-order valence-electron chi connectivity index (χ3n) is 5.17. The fourth-order valence-corrected chi connectivity index (χ4v) is 3.57. The van der Waals surface area contributed by atoms with Crippen LogP contribution in [0.3, 0.4) is 0 Å². The molecule has 0 saturated carbocycles. The van der Waals surface area contributed by atoms with Crippen LogP contribution >= 0.6 is 0 Å². The number of rotatable bonds is 4. The number of pyridine rings is 1. The van der Waals surface area contributed by atoms with Gasteiger partial charge in [0.1, 0.15) is 11.6 Å². The molecule has 0 unspecified atom stereocenters. The van der Waals surface area contributed by atoms with Gasteiger partial charge in [0.25, 0.3) is 0 Å². The van der Waals surface area contributed by atoms with Crippen molar-refractivity contribution >= 4 is 10.9 Å². The molecule has 3 aromatic carbocycles. The van der Waals surface area contributed by atoms with E-state index in [-0.39, 0.29) is 5.82 Å². The lowest BCUT2D eigenvalue weighted by atomic mass is 9.97. The van der Waals surface area contributed by atoms with Crippen LogP contribution in [0.15, 0.2) is 66.7 Å². The third kappa shape index (κ3) is 3.24. The molecule has 4 aromatic rings. The number of hydrogen-bond acceptors (Lipinski definition) is 2. The average Bonchev–Trinajstić information content (AvgIpc) is 2.72. The minimum absolute atomic E-state index is 0.234. The first kappa shape index (κ1) is 18.2. The van der Waals surface area contributed by atoms with Gasteiger partial charge in [0.2, 0.25) is 0 Å². The monoisotopic (exact) mass is 371 g/mol. The highest BCUT2D eigenvalue weighted by molar-refractivity contribution is 5.87.